The van der Waals surface area contributed by atoms with Gasteiger partial charge >= 0.3 is 0 Å². The minimum atomic E-state index is -0.347. The Hall–Kier alpha value is -2.97. The summed E-state index contributed by atoms with van der Waals surface area (Å²) in [7, 11) is 1.44. The molecule has 0 aromatic heterocycles. The van der Waals surface area contributed by atoms with Crippen molar-refractivity contribution in [1.29, 1.82) is 0 Å². The first-order chi connectivity index (χ1) is 14.4. The van der Waals surface area contributed by atoms with E-state index in [9.17, 15) is 14.4 Å². The average Bonchev–Trinajstić information content (AvgIpc) is 2.94. The lowest BCUT2D eigenvalue weighted by Gasteiger charge is -2.13. The summed E-state index contributed by atoms with van der Waals surface area (Å²) in [6, 6.07) is 11.9. The fourth-order valence-corrected chi connectivity index (χ4v) is 3.62. The Morgan fingerprint density at radius 2 is 1.97 bits per heavy atom. The predicted molar refractivity (Wildman–Crippen MR) is 117 cm³/mol. The Labute approximate surface area is 183 Å². The van der Waals surface area contributed by atoms with Crippen LogP contribution in [-0.2, 0) is 9.59 Å². The van der Waals surface area contributed by atoms with Gasteiger partial charge in [0.05, 0.1) is 11.5 Å². The predicted octanol–water partition coefficient (Wildman–Crippen LogP) is 4.42. The maximum atomic E-state index is 12.2. The summed E-state index contributed by atoms with van der Waals surface area (Å²) in [6.45, 7) is 1.99. The van der Waals surface area contributed by atoms with Crippen LogP contribution >= 0.6 is 23.4 Å². The molecule has 3 rings (SSSR count). The number of rotatable bonds is 7. The summed E-state index contributed by atoms with van der Waals surface area (Å²) in [5.74, 6) is 0.123. The van der Waals surface area contributed by atoms with Crippen LogP contribution in [0.15, 0.2) is 47.4 Å². The van der Waals surface area contributed by atoms with Crippen molar-refractivity contribution in [2.75, 3.05) is 25.6 Å². The maximum Gasteiger partial charge on any atom is 0.293 e. The van der Waals surface area contributed by atoms with Gasteiger partial charge in [-0.2, -0.15) is 0 Å². The fraction of sp³-hybridized carbons (Fsp3) is 0.190. The highest BCUT2D eigenvalue weighted by atomic mass is 35.5. The number of hydrogen-bond donors (Lipinski definition) is 1. The summed E-state index contributed by atoms with van der Waals surface area (Å²) >= 11 is 6.79. The molecular weight excluding hydrogens is 428 g/mol. The van der Waals surface area contributed by atoms with Crippen molar-refractivity contribution in [1.82, 2.24) is 4.90 Å². The largest absolute Gasteiger partial charge is 0.490 e. The fourth-order valence-electron chi connectivity index (χ4n) is 2.61. The molecule has 2 aromatic carbocycles. The molecule has 156 valence electrons. The minimum absolute atomic E-state index is 0.222. The molecule has 0 aliphatic carbocycles. The van der Waals surface area contributed by atoms with Gasteiger partial charge in [0.25, 0.3) is 17.1 Å². The highest BCUT2D eigenvalue weighted by Gasteiger charge is 2.31. The number of nitrogens with one attached hydrogen (secondary N) is 1. The number of likely N-dealkylation sites (N-methyl/N-ethyl adjacent to an activating group) is 1. The Morgan fingerprint density at radius 3 is 2.63 bits per heavy atom. The van der Waals surface area contributed by atoms with Gasteiger partial charge in [-0.3, -0.25) is 19.3 Å². The van der Waals surface area contributed by atoms with Crippen LogP contribution in [0.5, 0.6) is 11.5 Å². The summed E-state index contributed by atoms with van der Waals surface area (Å²) in [5.41, 5.74) is 1.24. The molecule has 0 saturated carbocycles. The van der Waals surface area contributed by atoms with Gasteiger partial charge in [0.1, 0.15) is 0 Å². The molecule has 2 aromatic rings. The lowest BCUT2D eigenvalue weighted by Crippen LogP contribution is -2.22. The number of anilines is 1. The molecule has 0 atom stereocenters. The monoisotopic (exact) mass is 446 g/mol. The smallest absolute Gasteiger partial charge is 0.293 e. The van der Waals surface area contributed by atoms with E-state index in [-0.39, 0.29) is 23.7 Å². The van der Waals surface area contributed by atoms with Gasteiger partial charge in [0, 0.05) is 17.8 Å². The van der Waals surface area contributed by atoms with Gasteiger partial charge in [0.2, 0.25) is 0 Å². The van der Waals surface area contributed by atoms with Gasteiger partial charge in [-0.25, -0.2) is 0 Å². The van der Waals surface area contributed by atoms with Gasteiger partial charge in [0.15, 0.2) is 18.1 Å². The molecule has 7 nitrogen and oxygen atoms in total. The maximum absolute atomic E-state index is 12.2. The quantitative estimate of drug-likeness (QED) is 0.633. The van der Waals surface area contributed by atoms with Crippen LogP contribution in [0.1, 0.15) is 12.5 Å². The number of carbonyl (C=O) groups excluding carboxylic acids is 3. The number of nitrogens with zero attached hydrogens (tertiary/aromatic N) is 1. The lowest BCUT2D eigenvalue weighted by atomic mass is 10.2. The highest BCUT2D eigenvalue weighted by Crippen LogP contribution is 2.34. The number of benzene rings is 2. The molecule has 9 heteroatoms. The van der Waals surface area contributed by atoms with E-state index in [2.05, 4.69) is 5.32 Å². The highest BCUT2D eigenvalue weighted by molar-refractivity contribution is 8.18. The first kappa shape index (κ1) is 21.7. The molecular formula is C21H19ClN2O5S. The second-order valence-electron chi connectivity index (χ2n) is 6.23. The van der Waals surface area contributed by atoms with Crippen LogP contribution in [-0.4, -0.2) is 42.2 Å². The van der Waals surface area contributed by atoms with E-state index < -0.39 is 0 Å². The third-order valence-electron chi connectivity index (χ3n) is 4.02. The van der Waals surface area contributed by atoms with E-state index in [1.807, 2.05) is 6.92 Å². The second-order valence-corrected chi connectivity index (χ2v) is 7.66. The van der Waals surface area contributed by atoms with Crippen molar-refractivity contribution < 1.29 is 23.9 Å². The molecule has 1 aliphatic rings. The molecule has 0 unspecified atom stereocenters. The van der Waals surface area contributed by atoms with Gasteiger partial charge in [-0.15, -0.1) is 0 Å². The van der Waals surface area contributed by atoms with E-state index >= 15 is 0 Å². The molecule has 0 spiro atoms. The number of carbonyl (C=O) groups is 3. The molecule has 0 radical (unpaired) electrons. The minimum Gasteiger partial charge on any atom is -0.490 e. The molecule has 1 fully saturated rings. The number of ether oxygens (including phenoxy) is 2. The molecule has 1 aliphatic heterocycles. The first-order valence-electron chi connectivity index (χ1n) is 9.04. The Bertz CT molecular complexity index is 1020. The SMILES string of the molecule is CCOc1cc(/C=C2/SC(=O)N(C)C2=O)ccc1OCC(=O)Nc1cccc(Cl)c1. The van der Waals surface area contributed by atoms with Crippen LogP contribution in [0, 0.1) is 0 Å². The second kappa shape index (κ2) is 9.69. The molecule has 0 bridgehead atoms. The Morgan fingerprint density at radius 1 is 1.17 bits per heavy atom. The zero-order valence-corrected chi connectivity index (χ0v) is 17.9. The van der Waals surface area contributed by atoms with Crippen molar-refractivity contribution in [2.24, 2.45) is 0 Å². The number of amides is 3. The Kier molecular flexibility index (Phi) is 7.02. The third kappa shape index (κ3) is 5.34. The van der Waals surface area contributed by atoms with E-state index in [1.165, 1.54) is 7.05 Å². The molecule has 3 amide bonds. The van der Waals surface area contributed by atoms with Crippen LogP contribution < -0.4 is 14.8 Å². The van der Waals surface area contributed by atoms with E-state index in [0.717, 1.165) is 16.7 Å². The van der Waals surface area contributed by atoms with Gasteiger partial charge < -0.3 is 14.8 Å². The number of thioether (sulfide) groups is 1. The van der Waals surface area contributed by atoms with Crippen molar-refractivity contribution >= 4 is 52.2 Å². The number of imide groups is 1. The lowest BCUT2D eigenvalue weighted by molar-refractivity contribution is -0.121. The number of halogens is 1. The third-order valence-corrected chi connectivity index (χ3v) is 5.22. The van der Waals surface area contributed by atoms with Crippen LogP contribution in [0.3, 0.4) is 0 Å². The van der Waals surface area contributed by atoms with Crippen molar-refractivity contribution in [2.45, 2.75) is 6.92 Å². The first-order valence-corrected chi connectivity index (χ1v) is 10.2. The van der Waals surface area contributed by atoms with Crippen molar-refractivity contribution in [3.8, 4) is 11.5 Å². The summed E-state index contributed by atoms with van der Waals surface area (Å²) in [4.78, 5) is 37.3. The molecule has 1 saturated heterocycles. The number of hydrogen-bond acceptors (Lipinski definition) is 6. The van der Waals surface area contributed by atoms with E-state index in [0.29, 0.717) is 39.3 Å². The van der Waals surface area contributed by atoms with Crippen molar-refractivity contribution in [3.63, 3.8) is 0 Å². The normalized spacial score (nSPS) is 14.9. The Balaban J connectivity index is 1.70. The van der Waals surface area contributed by atoms with Crippen LogP contribution in [0.2, 0.25) is 5.02 Å². The zero-order chi connectivity index (χ0) is 21.7. The van der Waals surface area contributed by atoms with Crippen molar-refractivity contribution in [3.05, 3.63) is 58.0 Å². The zero-order valence-electron chi connectivity index (χ0n) is 16.3. The molecule has 1 heterocycles. The standard InChI is InChI=1S/C21H19ClN2O5S/c1-3-28-17-9-13(10-18-20(26)24(2)21(27)30-18)7-8-16(17)29-12-19(25)23-15-6-4-5-14(22)11-15/h4-11H,3,12H2,1-2H3,(H,23,25)/b18-10+. The summed E-state index contributed by atoms with van der Waals surface area (Å²) < 4.78 is 11.2. The van der Waals surface area contributed by atoms with Gasteiger partial charge in [-0.05, 0) is 60.7 Å². The van der Waals surface area contributed by atoms with Crippen LogP contribution in [0.4, 0.5) is 10.5 Å². The molecule has 30 heavy (non-hydrogen) atoms. The van der Waals surface area contributed by atoms with Gasteiger partial charge in [-0.1, -0.05) is 23.7 Å². The topological polar surface area (TPSA) is 84.9 Å². The van der Waals surface area contributed by atoms with E-state index in [1.54, 1.807) is 48.5 Å². The summed E-state index contributed by atoms with van der Waals surface area (Å²) in [5, 5.41) is 2.90. The average molecular weight is 447 g/mol. The van der Waals surface area contributed by atoms with E-state index in [4.69, 9.17) is 21.1 Å². The summed E-state index contributed by atoms with van der Waals surface area (Å²) in [6.07, 6.45) is 1.62. The molecule has 1 N–H and O–H groups in total. The van der Waals surface area contributed by atoms with Crippen LogP contribution in [0.25, 0.3) is 6.08 Å².